The second-order valence-corrected chi connectivity index (χ2v) is 9.94. The van der Waals surface area contributed by atoms with Gasteiger partial charge in [0.05, 0.1) is 11.1 Å². The van der Waals surface area contributed by atoms with Crippen molar-refractivity contribution in [1.29, 1.82) is 5.26 Å². The van der Waals surface area contributed by atoms with Gasteiger partial charge in [-0.15, -0.1) is 0 Å². The third kappa shape index (κ3) is 2.78. The molecule has 1 N–H and O–H groups in total. The fourth-order valence-corrected chi connectivity index (χ4v) is 6.20. The lowest BCUT2D eigenvalue weighted by molar-refractivity contribution is 0.129. The minimum Gasteiger partial charge on any atom is -0.368 e. The molecule has 0 radical (unpaired) electrons. The van der Waals surface area contributed by atoms with Crippen LogP contribution in [0.4, 0.5) is 5.69 Å². The molecule has 3 saturated heterocycles. The summed E-state index contributed by atoms with van der Waals surface area (Å²) in [5, 5.41) is 14.0. The highest BCUT2D eigenvalue weighted by atomic mass is 15.3. The van der Waals surface area contributed by atoms with Gasteiger partial charge in [0.2, 0.25) is 0 Å². The molecular weight excluding hydrogens is 382 g/mol. The van der Waals surface area contributed by atoms with Crippen LogP contribution in [0.25, 0.3) is 10.9 Å². The van der Waals surface area contributed by atoms with Crippen molar-refractivity contribution >= 4 is 16.6 Å². The maximum atomic E-state index is 9.52. The fraction of sp³-hybridized carbons (Fsp3) is 0.462. The van der Waals surface area contributed by atoms with Crippen molar-refractivity contribution < 1.29 is 0 Å². The SMILES string of the molecule is C[C@@H]1CN(c2ccc(C#N)c3ncccc23)C[C@H]2N1CC1C=C(C3CNC3)C=CC12C. The third-order valence-electron chi connectivity index (χ3n) is 8.26. The third-order valence-corrected chi connectivity index (χ3v) is 8.26. The number of hydrogen-bond donors (Lipinski definition) is 1. The van der Waals surface area contributed by atoms with Crippen LogP contribution < -0.4 is 10.2 Å². The summed E-state index contributed by atoms with van der Waals surface area (Å²) in [6, 6.07) is 11.4. The van der Waals surface area contributed by atoms with Crippen LogP contribution in [0.3, 0.4) is 0 Å². The summed E-state index contributed by atoms with van der Waals surface area (Å²) >= 11 is 0. The van der Waals surface area contributed by atoms with E-state index in [0.717, 1.165) is 43.6 Å². The number of piperazine rings is 1. The molecule has 0 saturated carbocycles. The first-order valence-corrected chi connectivity index (χ1v) is 11.5. The smallest absolute Gasteiger partial charge is 0.101 e. The first kappa shape index (κ1) is 19.0. The van der Waals surface area contributed by atoms with Gasteiger partial charge < -0.3 is 10.2 Å². The van der Waals surface area contributed by atoms with Gasteiger partial charge in [0.1, 0.15) is 6.07 Å². The molecular formula is C26H29N5. The van der Waals surface area contributed by atoms with Crippen LogP contribution in [0, 0.1) is 28.6 Å². The van der Waals surface area contributed by atoms with E-state index in [9.17, 15) is 5.26 Å². The molecule has 0 amide bonds. The van der Waals surface area contributed by atoms with Gasteiger partial charge in [0.15, 0.2) is 0 Å². The Balaban J connectivity index is 1.35. The van der Waals surface area contributed by atoms with Crippen molar-refractivity contribution in [3.8, 4) is 6.07 Å². The number of nitriles is 1. The maximum Gasteiger partial charge on any atom is 0.101 e. The number of aromatic nitrogens is 1. The Hall–Kier alpha value is -2.68. The Labute approximate surface area is 184 Å². The Bertz CT molecular complexity index is 1140. The number of pyridine rings is 1. The Morgan fingerprint density at radius 1 is 1.19 bits per heavy atom. The van der Waals surface area contributed by atoms with Crippen molar-refractivity contribution in [2.75, 3.05) is 37.6 Å². The lowest BCUT2D eigenvalue weighted by Crippen LogP contribution is -2.58. The average molecular weight is 412 g/mol. The van der Waals surface area contributed by atoms with Gasteiger partial charge in [0.25, 0.3) is 0 Å². The van der Waals surface area contributed by atoms with Crippen molar-refractivity contribution in [3.63, 3.8) is 0 Å². The van der Waals surface area contributed by atoms with Crippen LogP contribution >= 0.6 is 0 Å². The first-order chi connectivity index (χ1) is 15.1. The summed E-state index contributed by atoms with van der Waals surface area (Å²) in [6.07, 6.45) is 9.30. The zero-order chi connectivity index (χ0) is 21.2. The standard InChI is InChI=1S/C26H29N5/c1-17-14-30(23-6-5-19(11-27)25-22(23)4-3-9-29-25)16-24-26(2)8-7-18(20-12-28-13-20)10-21(26)15-31(17)24/h3-10,17,20-21,24,28H,12-16H2,1-2H3/t17-,21?,24-,26?/m1/s1. The monoisotopic (exact) mass is 411 g/mol. The quantitative estimate of drug-likeness (QED) is 0.822. The number of fused-ring (bicyclic) bond motifs is 4. The average Bonchev–Trinajstić information content (AvgIpc) is 3.04. The minimum atomic E-state index is 0.161. The molecule has 1 aromatic carbocycles. The molecule has 5 nitrogen and oxygen atoms in total. The number of rotatable bonds is 2. The first-order valence-electron chi connectivity index (χ1n) is 11.5. The zero-order valence-corrected chi connectivity index (χ0v) is 18.3. The molecule has 0 bridgehead atoms. The second kappa shape index (κ2) is 6.91. The predicted octanol–water partition coefficient (Wildman–Crippen LogP) is 3.34. The minimum absolute atomic E-state index is 0.161. The van der Waals surface area contributed by atoms with E-state index >= 15 is 0 Å². The number of hydrogen-bond acceptors (Lipinski definition) is 5. The predicted molar refractivity (Wildman–Crippen MR) is 124 cm³/mol. The lowest BCUT2D eigenvalue weighted by Gasteiger charge is -2.47. The van der Waals surface area contributed by atoms with Gasteiger partial charge >= 0.3 is 0 Å². The molecule has 5 heteroatoms. The van der Waals surface area contributed by atoms with Crippen LogP contribution in [0.2, 0.25) is 0 Å². The van der Waals surface area contributed by atoms with Crippen LogP contribution in [0.15, 0.2) is 54.3 Å². The summed E-state index contributed by atoms with van der Waals surface area (Å²) in [5.41, 5.74) is 4.37. The van der Waals surface area contributed by atoms with Gasteiger partial charge in [-0.1, -0.05) is 25.2 Å². The van der Waals surface area contributed by atoms with E-state index in [1.807, 2.05) is 12.1 Å². The highest BCUT2D eigenvalue weighted by Gasteiger charge is 2.53. The number of nitrogens with zero attached hydrogens (tertiary/aromatic N) is 4. The molecule has 158 valence electrons. The van der Waals surface area contributed by atoms with Gasteiger partial charge in [-0.05, 0) is 36.8 Å². The molecule has 1 aliphatic carbocycles. The lowest BCUT2D eigenvalue weighted by atomic mass is 9.69. The van der Waals surface area contributed by atoms with Gasteiger partial charge in [0, 0.05) is 79.3 Å². The van der Waals surface area contributed by atoms with E-state index in [4.69, 9.17) is 0 Å². The molecule has 1 aromatic heterocycles. The van der Waals surface area contributed by atoms with Crippen LogP contribution in [-0.4, -0.2) is 54.7 Å². The van der Waals surface area contributed by atoms with E-state index in [2.05, 4.69) is 70.4 Å². The van der Waals surface area contributed by atoms with Crippen molar-refractivity contribution in [2.24, 2.45) is 17.3 Å². The Morgan fingerprint density at radius 3 is 2.84 bits per heavy atom. The number of nitrogens with one attached hydrogen (secondary N) is 1. The van der Waals surface area contributed by atoms with E-state index in [-0.39, 0.29) is 5.41 Å². The van der Waals surface area contributed by atoms with E-state index < -0.39 is 0 Å². The molecule has 3 aliphatic heterocycles. The van der Waals surface area contributed by atoms with Crippen molar-refractivity contribution in [1.82, 2.24) is 15.2 Å². The Morgan fingerprint density at radius 2 is 2.06 bits per heavy atom. The number of benzene rings is 1. The molecule has 0 spiro atoms. The van der Waals surface area contributed by atoms with Crippen LogP contribution in [0.1, 0.15) is 19.4 Å². The Kier molecular flexibility index (Phi) is 4.25. The topological polar surface area (TPSA) is 55.2 Å². The number of anilines is 1. The van der Waals surface area contributed by atoms with Gasteiger partial charge in [-0.2, -0.15) is 5.26 Å². The van der Waals surface area contributed by atoms with Crippen molar-refractivity contribution in [2.45, 2.75) is 25.9 Å². The highest BCUT2D eigenvalue weighted by molar-refractivity contribution is 5.95. The van der Waals surface area contributed by atoms with Crippen molar-refractivity contribution in [3.05, 3.63) is 59.8 Å². The molecule has 3 fully saturated rings. The van der Waals surface area contributed by atoms with E-state index in [1.54, 1.807) is 6.20 Å². The van der Waals surface area contributed by atoms with E-state index in [1.165, 1.54) is 11.3 Å². The molecule has 4 atom stereocenters. The number of allylic oxidation sites excluding steroid dienone is 1. The summed E-state index contributed by atoms with van der Waals surface area (Å²) in [4.78, 5) is 9.81. The zero-order valence-electron chi connectivity index (χ0n) is 18.3. The van der Waals surface area contributed by atoms with Gasteiger partial charge in [-0.3, -0.25) is 9.88 Å². The normalized spacial score (nSPS) is 32.9. The molecule has 2 unspecified atom stereocenters. The second-order valence-electron chi connectivity index (χ2n) is 9.94. The van der Waals surface area contributed by atoms with Gasteiger partial charge in [-0.25, -0.2) is 0 Å². The molecule has 4 heterocycles. The van der Waals surface area contributed by atoms with Crippen LogP contribution in [0.5, 0.6) is 0 Å². The summed E-state index contributed by atoms with van der Waals surface area (Å²) in [6.45, 7) is 10.2. The van der Waals surface area contributed by atoms with E-state index in [0.29, 0.717) is 29.5 Å². The molecule has 31 heavy (non-hydrogen) atoms. The summed E-state index contributed by atoms with van der Waals surface area (Å²) in [5.74, 6) is 1.28. The molecule has 2 aromatic rings. The summed E-state index contributed by atoms with van der Waals surface area (Å²) in [7, 11) is 0. The van der Waals surface area contributed by atoms with Crippen LogP contribution in [-0.2, 0) is 0 Å². The maximum absolute atomic E-state index is 9.52. The molecule has 6 rings (SSSR count). The molecule has 4 aliphatic rings. The summed E-state index contributed by atoms with van der Waals surface area (Å²) < 4.78 is 0. The highest BCUT2D eigenvalue weighted by Crippen LogP contribution is 2.50. The largest absolute Gasteiger partial charge is 0.368 e. The fourth-order valence-electron chi connectivity index (χ4n) is 6.20.